The molecule has 0 aliphatic carbocycles. The molecule has 0 aromatic heterocycles. The highest BCUT2D eigenvalue weighted by atomic mass is 19.1. The van der Waals surface area contributed by atoms with Crippen LogP contribution in [0.2, 0.25) is 0 Å². The number of aliphatic carboxylic acids is 1. The third kappa shape index (κ3) is 1.88. The van der Waals surface area contributed by atoms with E-state index in [2.05, 4.69) is 0 Å². The zero-order valence-electron chi connectivity index (χ0n) is 6.81. The molecular weight excluding hydrogens is 181 g/mol. The first kappa shape index (κ1) is 9.76. The molecule has 0 spiro atoms. The van der Waals surface area contributed by atoms with Gasteiger partial charge in [0, 0.05) is 6.54 Å². The first-order chi connectivity index (χ1) is 6.06. The van der Waals surface area contributed by atoms with Gasteiger partial charge >= 0.3 is 12.1 Å². The van der Waals surface area contributed by atoms with E-state index >= 15 is 0 Å². The molecule has 2 N–H and O–H groups in total. The summed E-state index contributed by atoms with van der Waals surface area (Å²) >= 11 is 0. The van der Waals surface area contributed by atoms with Gasteiger partial charge in [0.15, 0.2) is 0 Å². The zero-order chi connectivity index (χ0) is 10.0. The Balaban J connectivity index is 2.66. The fourth-order valence-electron chi connectivity index (χ4n) is 1.48. The predicted octanol–water partition coefficient (Wildman–Crippen LogP) is 0.409. The molecule has 0 aromatic carbocycles. The fraction of sp³-hybridized carbons (Fsp3) is 0.714. The summed E-state index contributed by atoms with van der Waals surface area (Å²) in [7, 11) is 0. The second kappa shape index (κ2) is 3.59. The van der Waals surface area contributed by atoms with Gasteiger partial charge < -0.3 is 15.1 Å². The van der Waals surface area contributed by atoms with Crippen LogP contribution in [0.15, 0.2) is 0 Å². The van der Waals surface area contributed by atoms with Crippen molar-refractivity contribution in [2.75, 3.05) is 13.2 Å². The molecule has 0 saturated carbocycles. The van der Waals surface area contributed by atoms with E-state index in [0.29, 0.717) is 0 Å². The summed E-state index contributed by atoms with van der Waals surface area (Å²) in [4.78, 5) is 21.8. The standard InChI is InChI=1S/C7H10FNO4/c8-2-5-1-4(6(10)11)3-9(5)7(12)13/h4-5H,1-3H2,(H,10,11)(H,12,13)/t4-,5-/m0/s1. The summed E-state index contributed by atoms with van der Waals surface area (Å²) < 4.78 is 12.2. The van der Waals surface area contributed by atoms with Crippen LogP contribution in [0.1, 0.15) is 6.42 Å². The van der Waals surface area contributed by atoms with Crippen LogP contribution in [0.3, 0.4) is 0 Å². The molecule has 1 heterocycles. The number of nitrogens with zero attached hydrogens (tertiary/aromatic N) is 1. The first-order valence-electron chi connectivity index (χ1n) is 3.84. The number of amides is 1. The van der Waals surface area contributed by atoms with Crippen molar-refractivity contribution < 1.29 is 24.2 Å². The minimum absolute atomic E-state index is 0.0676. The second-order valence-corrected chi connectivity index (χ2v) is 3.01. The molecule has 6 heteroatoms. The van der Waals surface area contributed by atoms with Gasteiger partial charge in [-0.05, 0) is 6.42 Å². The van der Waals surface area contributed by atoms with Crippen LogP contribution in [0.5, 0.6) is 0 Å². The Hall–Kier alpha value is -1.33. The Bertz CT molecular complexity index is 233. The van der Waals surface area contributed by atoms with E-state index in [1.54, 1.807) is 0 Å². The highest BCUT2D eigenvalue weighted by molar-refractivity contribution is 5.73. The number of hydrogen-bond acceptors (Lipinski definition) is 2. The average molecular weight is 191 g/mol. The number of carboxylic acids is 1. The lowest BCUT2D eigenvalue weighted by molar-refractivity contribution is -0.141. The smallest absolute Gasteiger partial charge is 0.407 e. The lowest BCUT2D eigenvalue weighted by atomic mass is 10.1. The van der Waals surface area contributed by atoms with Crippen LogP contribution in [-0.4, -0.2) is 46.4 Å². The molecule has 1 saturated heterocycles. The number of hydrogen-bond donors (Lipinski definition) is 2. The van der Waals surface area contributed by atoms with Crippen molar-refractivity contribution >= 4 is 12.1 Å². The first-order valence-corrected chi connectivity index (χ1v) is 3.84. The Morgan fingerprint density at radius 2 is 2.08 bits per heavy atom. The average Bonchev–Trinajstić information content (AvgIpc) is 2.47. The van der Waals surface area contributed by atoms with Crippen molar-refractivity contribution in [2.24, 2.45) is 5.92 Å². The normalized spacial score (nSPS) is 27.6. The summed E-state index contributed by atoms with van der Waals surface area (Å²) in [6.45, 7) is -0.935. The van der Waals surface area contributed by atoms with Gasteiger partial charge in [-0.3, -0.25) is 4.79 Å². The Morgan fingerprint density at radius 3 is 2.38 bits per heavy atom. The number of carboxylic acid groups (broad SMARTS) is 2. The second-order valence-electron chi connectivity index (χ2n) is 3.01. The molecule has 0 aromatic rings. The van der Waals surface area contributed by atoms with Crippen LogP contribution in [0.4, 0.5) is 9.18 Å². The molecule has 13 heavy (non-hydrogen) atoms. The van der Waals surface area contributed by atoms with Crippen molar-refractivity contribution in [2.45, 2.75) is 12.5 Å². The van der Waals surface area contributed by atoms with Gasteiger partial charge in [-0.25, -0.2) is 9.18 Å². The van der Waals surface area contributed by atoms with Crippen molar-refractivity contribution in [1.82, 2.24) is 4.90 Å². The van der Waals surface area contributed by atoms with E-state index in [9.17, 15) is 14.0 Å². The van der Waals surface area contributed by atoms with E-state index in [4.69, 9.17) is 10.2 Å². The van der Waals surface area contributed by atoms with Gasteiger partial charge in [-0.1, -0.05) is 0 Å². The van der Waals surface area contributed by atoms with Crippen molar-refractivity contribution in [1.29, 1.82) is 0 Å². The predicted molar refractivity (Wildman–Crippen MR) is 40.2 cm³/mol. The molecule has 0 radical (unpaired) electrons. The number of likely N-dealkylation sites (tertiary alicyclic amines) is 1. The highest BCUT2D eigenvalue weighted by Crippen LogP contribution is 2.23. The molecule has 1 aliphatic heterocycles. The lowest BCUT2D eigenvalue weighted by Gasteiger charge is -2.17. The minimum atomic E-state index is -1.26. The van der Waals surface area contributed by atoms with Gasteiger partial charge in [-0.15, -0.1) is 0 Å². The topological polar surface area (TPSA) is 77.8 Å². The minimum Gasteiger partial charge on any atom is -0.481 e. The van der Waals surface area contributed by atoms with Crippen LogP contribution in [-0.2, 0) is 4.79 Å². The lowest BCUT2D eigenvalue weighted by Crippen LogP contribution is -2.35. The van der Waals surface area contributed by atoms with Crippen molar-refractivity contribution in [3.05, 3.63) is 0 Å². The van der Waals surface area contributed by atoms with Crippen molar-refractivity contribution in [3.63, 3.8) is 0 Å². The van der Waals surface area contributed by atoms with E-state index in [0.717, 1.165) is 4.90 Å². The third-order valence-electron chi connectivity index (χ3n) is 2.19. The monoisotopic (exact) mass is 191 g/mol. The Morgan fingerprint density at radius 1 is 1.46 bits per heavy atom. The maximum absolute atomic E-state index is 12.2. The third-order valence-corrected chi connectivity index (χ3v) is 2.19. The van der Waals surface area contributed by atoms with Crippen LogP contribution in [0, 0.1) is 5.92 Å². The Labute approximate surface area is 73.8 Å². The van der Waals surface area contributed by atoms with Gasteiger partial charge in [-0.2, -0.15) is 0 Å². The number of rotatable bonds is 2. The summed E-state index contributed by atoms with van der Waals surface area (Å²) in [6, 6.07) is -0.793. The molecule has 1 aliphatic rings. The molecule has 1 fully saturated rings. The molecule has 74 valence electrons. The maximum Gasteiger partial charge on any atom is 0.407 e. The van der Waals surface area contributed by atoms with Gasteiger partial charge in [0.25, 0.3) is 0 Å². The SMILES string of the molecule is O=C(O)[C@H]1C[C@@H](CF)N(C(=O)O)C1. The van der Waals surface area contributed by atoms with E-state index in [1.165, 1.54) is 0 Å². The van der Waals surface area contributed by atoms with E-state index < -0.39 is 30.7 Å². The maximum atomic E-state index is 12.2. The summed E-state index contributed by atoms with van der Waals surface area (Å²) in [5.41, 5.74) is 0. The highest BCUT2D eigenvalue weighted by Gasteiger charge is 2.38. The quantitative estimate of drug-likeness (QED) is 0.662. The van der Waals surface area contributed by atoms with Crippen LogP contribution >= 0.6 is 0 Å². The molecule has 1 rings (SSSR count). The molecule has 1 amide bonds. The van der Waals surface area contributed by atoms with Gasteiger partial charge in [0.2, 0.25) is 0 Å². The van der Waals surface area contributed by atoms with Crippen LogP contribution in [0.25, 0.3) is 0 Å². The summed E-state index contributed by atoms with van der Waals surface area (Å²) in [5, 5.41) is 17.2. The fourth-order valence-corrected chi connectivity index (χ4v) is 1.48. The molecule has 0 bridgehead atoms. The molecule has 0 unspecified atom stereocenters. The van der Waals surface area contributed by atoms with Crippen molar-refractivity contribution in [3.8, 4) is 0 Å². The molecular formula is C7H10FNO4. The Kier molecular flexibility index (Phi) is 2.69. The molecule has 5 nitrogen and oxygen atoms in total. The summed E-state index contributed by atoms with van der Waals surface area (Å²) in [6.07, 6.45) is -1.19. The van der Waals surface area contributed by atoms with Gasteiger partial charge in [0.1, 0.15) is 6.67 Å². The summed E-state index contributed by atoms with van der Waals surface area (Å²) in [5.74, 6) is -1.83. The number of carbonyl (C=O) groups is 2. The zero-order valence-corrected chi connectivity index (χ0v) is 6.81. The molecule has 2 atom stereocenters. The number of halogens is 1. The van der Waals surface area contributed by atoms with Gasteiger partial charge in [0.05, 0.1) is 12.0 Å². The van der Waals surface area contributed by atoms with Crippen LogP contribution < -0.4 is 0 Å². The number of alkyl halides is 1. The van der Waals surface area contributed by atoms with E-state index in [1.807, 2.05) is 0 Å². The largest absolute Gasteiger partial charge is 0.481 e. The van der Waals surface area contributed by atoms with E-state index in [-0.39, 0.29) is 13.0 Å².